The smallest absolute Gasteiger partial charge is 0.0233 e. The van der Waals surface area contributed by atoms with E-state index in [2.05, 4.69) is 35.2 Å². The van der Waals surface area contributed by atoms with Crippen molar-refractivity contribution in [2.24, 2.45) is 10.8 Å². The minimum absolute atomic E-state index is 0.693. The molecule has 2 atom stereocenters. The van der Waals surface area contributed by atoms with E-state index >= 15 is 0 Å². The van der Waals surface area contributed by atoms with E-state index in [4.69, 9.17) is 0 Å². The lowest BCUT2D eigenvalue weighted by Crippen LogP contribution is -2.54. The lowest BCUT2D eigenvalue weighted by atomic mass is 9.54. The van der Waals surface area contributed by atoms with Gasteiger partial charge in [0.25, 0.3) is 0 Å². The molecule has 1 heterocycles. The monoisotopic (exact) mass is 269 g/mol. The van der Waals surface area contributed by atoms with Crippen LogP contribution in [-0.4, -0.2) is 18.0 Å². The Labute approximate surface area is 123 Å². The molecule has 2 saturated carbocycles. The van der Waals surface area contributed by atoms with Crippen LogP contribution in [0.1, 0.15) is 56.9 Å². The Kier molecular flexibility index (Phi) is 3.14. The zero-order chi connectivity index (χ0) is 13.5. The average molecular weight is 269 g/mol. The third kappa shape index (κ3) is 1.94. The van der Waals surface area contributed by atoms with E-state index in [0.29, 0.717) is 5.41 Å². The quantitative estimate of drug-likeness (QED) is 0.757. The van der Waals surface area contributed by atoms with Gasteiger partial charge in [0.05, 0.1) is 0 Å². The zero-order valence-electron chi connectivity index (χ0n) is 12.6. The molecule has 1 aromatic carbocycles. The summed E-state index contributed by atoms with van der Waals surface area (Å²) in [7, 11) is 0. The van der Waals surface area contributed by atoms with Gasteiger partial charge in [0.1, 0.15) is 0 Å². The van der Waals surface area contributed by atoms with Gasteiger partial charge in [0, 0.05) is 13.1 Å². The van der Waals surface area contributed by atoms with Crippen LogP contribution in [0.25, 0.3) is 0 Å². The van der Waals surface area contributed by atoms with Crippen molar-refractivity contribution in [1.82, 2.24) is 4.90 Å². The van der Waals surface area contributed by atoms with Gasteiger partial charge in [-0.05, 0) is 55.0 Å². The molecule has 0 radical (unpaired) electrons. The number of rotatable bonds is 2. The van der Waals surface area contributed by atoms with Gasteiger partial charge in [-0.15, -0.1) is 0 Å². The zero-order valence-corrected chi connectivity index (χ0v) is 12.6. The molecule has 2 aliphatic carbocycles. The Bertz CT molecular complexity index is 468. The molecule has 1 saturated heterocycles. The van der Waals surface area contributed by atoms with Crippen LogP contribution in [0.3, 0.4) is 0 Å². The summed E-state index contributed by atoms with van der Waals surface area (Å²) in [5, 5.41) is 0. The maximum Gasteiger partial charge on any atom is 0.0233 e. The van der Waals surface area contributed by atoms with E-state index in [-0.39, 0.29) is 0 Å². The molecule has 0 bridgehead atoms. The number of likely N-dealkylation sites (tertiary alicyclic amines) is 1. The van der Waals surface area contributed by atoms with Crippen LogP contribution in [0.15, 0.2) is 30.3 Å². The second-order valence-electron chi connectivity index (χ2n) is 7.57. The Morgan fingerprint density at radius 2 is 1.50 bits per heavy atom. The molecule has 3 aliphatic rings. The fraction of sp³-hybridized carbons (Fsp3) is 0.684. The fourth-order valence-corrected chi connectivity index (χ4v) is 5.70. The molecule has 3 fully saturated rings. The molecule has 108 valence electrons. The molecule has 2 unspecified atom stereocenters. The molecule has 1 heteroatoms. The SMILES string of the molecule is c1ccc(CN2CCC34CCCCC3(CCC4)C2)cc1. The summed E-state index contributed by atoms with van der Waals surface area (Å²) in [6, 6.07) is 11.1. The molecule has 0 amide bonds. The van der Waals surface area contributed by atoms with Gasteiger partial charge < -0.3 is 0 Å². The van der Waals surface area contributed by atoms with Crippen molar-refractivity contribution in [1.29, 1.82) is 0 Å². The van der Waals surface area contributed by atoms with Crippen LogP contribution >= 0.6 is 0 Å². The number of benzene rings is 1. The summed E-state index contributed by atoms with van der Waals surface area (Å²) in [6.07, 6.45) is 12.1. The van der Waals surface area contributed by atoms with Gasteiger partial charge >= 0.3 is 0 Å². The van der Waals surface area contributed by atoms with Crippen molar-refractivity contribution >= 4 is 0 Å². The minimum Gasteiger partial charge on any atom is -0.298 e. The number of hydrogen-bond acceptors (Lipinski definition) is 1. The predicted octanol–water partition coefficient (Wildman–Crippen LogP) is 4.62. The molecule has 1 nitrogen and oxygen atoms in total. The van der Waals surface area contributed by atoms with Gasteiger partial charge in [0.2, 0.25) is 0 Å². The molecule has 1 aliphatic heterocycles. The van der Waals surface area contributed by atoms with Crippen LogP contribution < -0.4 is 0 Å². The maximum atomic E-state index is 2.75. The van der Waals surface area contributed by atoms with Crippen molar-refractivity contribution in [3.8, 4) is 0 Å². The first-order valence-electron chi connectivity index (χ1n) is 8.58. The first-order chi connectivity index (χ1) is 9.82. The Morgan fingerprint density at radius 1 is 0.800 bits per heavy atom. The summed E-state index contributed by atoms with van der Waals surface area (Å²) in [6.45, 7) is 3.87. The molecule has 0 spiro atoms. The van der Waals surface area contributed by atoms with Crippen molar-refractivity contribution in [2.75, 3.05) is 13.1 Å². The predicted molar refractivity (Wildman–Crippen MR) is 83.5 cm³/mol. The van der Waals surface area contributed by atoms with Gasteiger partial charge in [-0.2, -0.15) is 0 Å². The highest BCUT2D eigenvalue weighted by molar-refractivity contribution is 5.16. The maximum absolute atomic E-state index is 2.75. The fourth-order valence-electron chi connectivity index (χ4n) is 5.70. The van der Waals surface area contributed by atoms with Crippen LogP contribution in [-0.2, 0) is 6.54 Å². The molecule has 0 N–H and O–H groups in total. The van der Waals surface area contributed by atoms with Crippen molar-refractivity contribution in [3.63, 3.8) is 0 Å². The van der Waals surface area contributed by atoms with Gasteiger partial charge in [-0.25, -0.2) is 0 Å². The lowest BCUT2D eigenvalue weighted by Gasteiger charge is -2.56. The van der Waals surface area contributed by atoms with E-state index in [1.165, 1.54) is 76.6 Å². The van der Waals surface area contributed by atoms with E-state index in [0.717, 1.165) is 5.41 Å². The molecule has 1 aromatic rings. The molecule has 4 rings (SSSR count). The molecular weight excluding hydrogens is 242 g/mol. The standard InChI is InChI=1S/C19H27N/c1-2-7-17(8-3-1)15-20-14-13-18-9-4-5-10-19(18,16-20)12-6-11-18/h1-3,7-8H,4-6,9-16H2. The molecular formula is C19H27N. The minimum atomic E-state index is 0.693. The van der Waals surface area contributed by atoms with Crippen molar-refractivity contribution in [2.45, 2.75) is 57.9 Å². The Morgan fingerprint density at radius 3 is 2.35 bits per heavy atom. The molecule has 20 heavy (non-hydrogen) atoms. The summed E-state index contributed by atoms with van der Waals surface area (Å²) < 4.78 is 0. The van der Waals surface area contributed by atoms with Gasteiger partial charge in [-0.1, -0.05) is 49.6 Å². The van der Waals surface area contributed by atoms with E-state index in [9.17, 15) is 0 Å². The third-order valence-electron chi connectivity index (χ3n) is 6.68. The normalized spacial score (nSPS) is 37.4. The van der Waals surface area contributed by atoms with Crippen molar-refractivity contribution < 1.29 is 0 Å². The summed E-state index contributed by atoms with van der Waals surface area (Å²) in [5.41, 5.74) is 2.93. The first-order valence-corrected chi connectivity index (χ1v) is 8.58. The van der Waals surface area contributed by atoms with Crippen LogP contribution in [0.4, 0.5) is 0 Å². The van der Waals surface area contributed by atoms with E-state index in [1.807, 2.05) is 0 Å². The highest BCUT2D eigenvalue weighted by Crippen LogP contribution is 2.64. The average Bonchev–Trinajstić information content (AvgIpc) is 2.87. The van der Waals surface area contributed by atoms with E-state index < -0.39 is 0 Å². The van der Waals surface area contributed by atoms with Crippen LogP contribution in [0.5, 0.6) is 0 Å². The third-order valence-corrected chi connectivity index (χ3v) is 6.68. The summed E-state index contributed by atoms with van der Waals surface area (Å²) in [4.78, 5) is 2.75. The second-order valence-corrected chi connectivity index (χ2v) is 7.57. The van der Waals surface area contributed by atoms with E-state index in [1.54, 1.807) is 0 Å². The van der Waals surface area contributed by atoms with Crippen LogP contribution in [0, 0.1) is 10.8 Å². The number of piperidine rings is 1. The van der Waals surface area contributed by atoms with Gasteiger partial charge in [0.15, 0.2) is 0 Å². The topological polar surface area (TPSA) is 3.24 Å². The second kappa shape index (κ2) is 4.87. The summed E-state index contributed by atoms with van der Waals surface area (Å²) >= 11 is 0. The summed E-state index contributed by atoms with van der Waals surface area (Å²) in [5.74, 6) is 0. The largest absolute Gasteiger partial charge is 0.298 e. The molecule has 0 aromatic heterocycles. The Hall–Kier alpha value is -0.820. The van der Waals surface area contributed by atoms with Gasteiger partial charge in [-0.3, -0.25) is 4.90 Å². The first kappa shape index (κ1) is 12.9. The number of hydrogen-bond donors (Lipinski definition) is 0. The highest BCUT2D eigenvalue weighted by Gasteiger charge is 2.57. The number of nitrogens with zero attached hydrogens (tertiary/aromatic N) is 1. The van der Waals surface area contributed by atoms with Crippen LogP contribution in [0.2, 0.25) is 0 Å². The van der Waals surface area contributed by atoms with Crippen molar-refractivity contribution in [3.05, 3.63) is 35.9 Å². The lowest BCUT2D eigenvalue weighted by molar-refractivity contribution is -0.0658. The highest BCUT2D eigenvalue weighted by atomic mass is 15.1. The Balaban J connectivity index is 1.53.